The number of alkyl halides is 3. The maximum Gasteiger partial charge on any atom is 0.593 e. The van der Waals surface area contributed by atoms with Crippen molar-refractivity contribution in [3.8, 4) is 0 Å². The second kappa shape index (κ2) is 4.35. The van der Waals surface area contributed by atoms with E-state index >= 15 is 0 Å². The van der Waals surface area contributed by atoms with Crippen LogP contribution in [-0.2, 0) is 9.63 Å². The molecule has 0 aromatic carbocycles. The molecule has 1 rings (SSSR count). The van der Waals surface area contributed by atoms with E-state index < -0.39 is 18.0 Å². The van der Waals surface area contributed by atoms with E-state index in [4.69, 9.17) is 10.8 Å². The van der Waals surface area contributed by atoms with Gasteiger partial charge in [0.1, 0.15) is 5.69 Å². The Kier molecular flexibility index (Phi) is 3.32. The number of carboxylic acids is 1. The molecule has 16 heavy (non-hydrogen) atoms. The highest BCUT2D eigenvalue weighted by Crippen LogP contribution is 2.18. The van der Waals surface area contributed by atoms with Gasteiger partial charge < -0.3 is 10.8 Å². The van der Waals surface area contributed by atoms with Crippen molar-refractivity contribution in [1.29, 1.82) is 0 Å². The lowest BCUT2D eigenvalue weighted by molar-refractivity contribution is -0.325. The molecule has 0 saturated carbocycles. The molecule has 0 atom stereocenters. The SMILES string of the molecule is Nc1nc(C(=NOC(F)(F)F)C(=O)O)cs1. The number of aliphatic carboxylic acids is 1. The molecule has 10 heteroatoms. The van der Waals surface area contributed by atoms with Gasteiger partial charge in [0.25, 0.3) is 0 Å². The van der Waals surface area contributed by atoms with Crippen molar-refractivity contribution >= 4 is 28.1 Å². The summed E-state index contributed by atoms with van der Waals surface area (Å²) in [4.78, 5) is 17.1. The number of thiazole rings is 1. The van der Waals surface area contributed by atoms with Crippen LogP contribution in [0.15, 0.2) is 10.5 Å². The number of aromatic nitrogens is 1. The Morgan fingerprint density at radius 1 is 1.62 bits per heavy atom. The van der Waals surface area contributed by atoms with Crippen LogP contribution in [0.4, 0.5) is 18.3 Å². The van der Waals surface area contributed by atoms with Crippen LogP contribution in [0.1, 0.15) is 5.69 Å². The lowest BCUT2D eigenvalue weighted by Gasteiger charge is -2.02. The highest BCUT2D eigenvalue weighted by Gasteiger charge is 2.32. The highest BCUT2D eigenvalue weighted by molar-refractivity contribution is 7.13. The van der Waals surface area contributed by atoms with Crippen LogP contribution < -0.4 is 5.73 Å². The van der Waals surface area contributed by atoms with E-state index in [2.05, 4.69) is 15.0 Å². The van der Waals surface area contributed by atoms with E-state index in [1.165, 1.54) is 0 Å². The van der Waals surface area contributed by atoms with E-state index in [0.29, 0.717) is 0 Å². The summed E-state index contributed by atoms with van der Waals surface area (Å²) in [7, 11) is 0. The molecule has 1 aromatic heterocycles. The van der Waals surface area contributed by atoms with Gasteiger partial charge in [0, 0.05) is 5.38 Å². The predicted molar refractivity (Wildman–Crippen MR) is 47.8 cm³/mol. The van der Waals surface area contributed by atoms with Crippen molar-refractivity contribution in [1.82, 2.24) is 4.98 Å². The fourth-order valence-electron chi connectivity index (χ4n) is 0.689. The molecule has 88 valence electrons. The average Bonchev–Trinajstić information content (AvgIpc) is 2.49. The van der Waals surface area contributed by atoms with Gasteiger partial charge in [-0.2, -0.15) is 0 Å². The van der Waals surface area contributed by atoms with E-state index in [1.54, 1.807) is 0 Å². The number of halogens is 3. The van der Waals surface area contributed by atoms with Gasteiger partial charge in [-0.05, 0) is 0 Å². The minimum atomic E-state index is -5.05. The quantitative estimate of drug-likeness (QED) is 0.621. The number of oxime groups is 1. The van der Waals surface area contributed by atoms with Gasteiger partial charge in [-0.25, -0.2) is 9.78 Å². The van der Waals surface area contributed by atoms with Crippen molar-refractivity contribution < 1.29 is 27.9 Å². The standard InChI is InChI=1S/C6H4F3N3O3S/c7-6(8,9)15-12-3(4(13)14)2-1-16-5(10)11-2/h1H,(H2,10,11)(H,13,14). The lowest BCUT2D eigenvalue weighted by Crippen LogP contribution is -2.18. The molecule has 1 aromatic rings. The summed E-state index contributed by atoms with van der Waals surface area (Å²) in [5.74, 6) is -1.70. The average molecular weight is 255 g/mol. The summed E-state index contributed by atoms with van der Waals surface area (Å²) in [5, 5.41) is 12.2. The number of hydrogen-bond acceptors (Lipinski definition) is 6. The van der Waals surface area contributed by atoms with Crippen LogP contribution in [0.5, 0.6) is 0 Å². The fraction of sp³-hybridized carbons (Fsp3) is 0.167. The van der Waals surface area contributed by atoms with Crippen molar-refractivity contribution in [2.75, 3.05) is 5.73 Å². The van der Waals surface area contributed by atoms with Crippen LogP contribution in [0.2, 0.25) is 0 Å². The number of nitrogen functional groups attached to an aromatic ring is 1. The van der Waals surface area contributed by atoms with Gasteiger partial charge in [-0.3, -0.25) is 4.84 Å². The van der Waals surface area contributed by atoms with Gasteiger partial charge in [-0.1, -0.05) is 5.16 Å². The van der Waals surface area contributed by atoms with Crippen LogP contribution in [0.25, 0.3) is 0 Å². The zero-order valence-corrected chi connectivity index (χ0v) is 8.17. The third-order valence-electron chi connectivity index (χ3n) is 1.21. The highest BCUT2D eigenvalue weighted by atomic mass is 32.1. The summed E-state index contributed by atoms with van der Waals surface area (Å²) in [6, 6.07) is 0. The summed E-state index contributed by atoms with van der Waals surface area (Å²) < 4.78 is 34.9. The van der Waals surface area contributed by atoms with Gasteiger partial charge in [-0.15, -0.1) is 24.5 Å². The Labute approximate surface area is 90.1 Å². The first-order valence-electron chi connectivity index (χ1n) is 3.57. The first kappa shape index (κ1) is 12.2. The summed E-state index contributed by atoms with van der Waals surface area (Å²) in [6.45, 7) is 0. The van der Waals surface area contributed by atoms with Crippen LogP contribution >= 0.6 is 11.3 Å². The molecular formula is C6H4F3N3O3S. The molecule has 0 aliphatic carbocycles. The zero-order chi connectivity index (χ0) is 12.3. The smallest absolute Gasteiger partial charge is 0.476 e. The number of rotatable bonds is 3. The Morgan fingerprint density at radius 3 is 2.62 bits per heavy atom. The fourth-order valence-corrected chi connectivity index (χ4v) is 1.24. The molecular weight excluding hydrogens is 251 g/mol. The molecule has 0 radical (unpaired) electrons. The number of nitrogens with zero attached hydrogens (tertiary/aromatic N) is 2. The minimum absolute atomic E-state index is 0.0101. The maximum atomic E-state index is 11.6. The maximum absolute atomic E-state index is 11.6. The van der Waals surface area contributed by atoms with Crippen LogP contribution in [-0.4, -0.2) is 28.1 Å². The molecule has 0 aliphatic rings. The molecule has 6 nitrogen and oxygen atoms in total. The zero-order valence-electron chi connectivity index (χ0n) is 7.35. The Bertz CT molecular complexity index is 428. The second-order valence-corrected chi connectivity index (χ2v) is 3.24. The molecule has 0 spiro atoms. The normalized spacial score (nSPS) is 12.6. The summed E-state index contributed by atoms with van der Waals surface area (Å²) >= 11 is 0.869. The third kappa shape index (κ3) is 3.38. The summed E-state index contributed by atoms with van der Waals surface area (Å²) in [6.07, 6.45) is -5.05. The molecule has 0 fully saturated rings. The topological polar surface area (TPSA) is 97.8 Å². The first-order valence-corrected chi connectivity index (χ1v) is 4.45. The molecule has 0 saturated heterocycles. The van der Waals surface area contributed by atoms with Gasteiger partial charge >= 0.3 is 12.3 Å². The Balaban J connectivity index is 2.96. The van der Waals surface area contributed by atoms with Crippen LogP contribution in [0, 0.1) is 0 Å². The second-order valence-electron chi connectivity index (χ2n) is 2.35. The third-order valence-corrected chi connectivity index (χ3v) is 1.88. The molecule has 0 bridgehead atoms. The summed E-state index contributed by atoms with van der Waals surface area (Å²) in [5.41, 5.74) is 3.94. The molecule has 0 amide bonds. The lowest BCUT2D eigenvalue weighted by atomic mass is 10.3. The van der Waals surface area contributed by atoms with E-state index in [1.807, 2.05) is 0 Å². The number of hydrogen-bond donors (Lipinski definition) is 2. The Hall–Kier alpha value is -1.84. The van der Waals surface area contributed by atoms with Gasteiger partial charge in [0.15, 0.2) is 5.13 Å². The predicted octanol–water partition coefficient (Wildman–Crippen LogP) is 1.05. The van der Waals surface area contributed by atoms with Crippen molar-refractivity contribution in [2.45, 2.75) is 6.36 Å². The van der Waals surface area contributed by atoms with Crippen molar-refractivity contribution in [3.63, 3.8) is 0 Å². The molecule has 1 heterocycles. The minimum Gasteiger partial charge on any atom is -0.476 e. The Morgan fingerprint density at radius 2 is 2.25 bits per heavy atom. The van der Waals surface area contributed by atoms with E-state index in [9.17, 15) is 18.0 Å². The molecule has 0 unspecified atom stereocenters. The molecule has 0 aliphatic heterocycles. The first-order chi connectivity index (χ1) is 7.29. The largest absolute Gasteiger partial charge is 0.593 e. The number of carbonyl (C=O) groups is 1. The number of nitrogens with two attached hydrogens (primary N) is 1. The van der Waals surface area contributed by atoms with Gasteiger partial charge in [0.05, 0.1) is 0 Å². The van der Waals surface area contributed by atoms with E-state index in [0.717, 1.165) is 16.7 Å². The van der Waals surface area contributed by atoms with Crippen LogP contribution in [0.3, 0.4) is 0 Å². The molecule has 3 N–H and O–H groups in total. The number of carboxylic acid groups (broad SMARTS) is 1. The van der Waals surface area contributed by atoms with E-state index in [-0.39, 0.29) is 10.8 Å². The number of anilines is 1. The van der Waals surface area contributed by atoms with Crippen molar-refractivity contribution in [3.05, 3.63) is 11.1 Å². The monoisotopic (exact) mass is 255 g/mol. The van der Waals surface area contributed by atoms with Gasteiger partial charge in [0.2, 0.25) is 5.71 Å². The van der Waals surface area contributed by atoms with Crippen molar-refractivity contribution in [2.24, 2.45) is 5.16 Å².